The average molecular weight is 346 g/mol. The number of carbonyl (C=O) groups excluding carboxylic acids is 2. The number of para-hydroxylation sites is 1. The van der Waals surface area contributed by atoms with E-state index in [-0.39, 0.29) is 37.2 Å². The number of carbonyl (C=O) groups is 3. The van der Waals surface area contributed by atoms with E-state index in [1.54, 1.807) is 11.0 Å². The first-order valence-electron chi connectivity index (χ1n) is 8.55. The summed E-state index contributed by atoms with van der Waals surface area (Å²) in [5.41, 5.74) is 1.45. The molecule has 7 heteroatoms. The predicted molar refractivity (Wildman–Crippen MR) is 90.2 cm³/mol. The molecule has 0 bridgehead atoms. The molecule has 0 unspecified atom stereocenters. The van der Waals surface area contributed by atoms with Crippen LogP contribution in [0, 0.1) is 0 Å². The van der Waals surface area contributed by atoms with Crippen LogP contribution in [0.2, 0.25) is 0 Å². The third kappa shape index (κ3) is 3.99. The Morgan fingerprint density at radius 1 is 1.24 bits per heavy atom. The Hall–Kier alpha value is -2.41. The Morgan fingerprint density at radius 2 is 1.96 bits per heavy atom. The van der Waals surface area contributed by atoms with Gasteiger partial charge in [-0.2, -0.15) is 0 Å². The van der Waals surface area contributed by atoms with E-state index < -0.39 is 11.9 Å². The maximum atomic E-state index is 13.2. The van der Waals surface area contributed by atoms with Crippen molar-refractivity contribution in [3.05, 3.63) is 29.8 Å². The number of carboxylic acids is 1. The molecule has 2 aliphatic heterocycles. The molecule has 1 fully saturated rings. The Morgan fingerprint density at radius 3 is 2.68 bits per heavy atom. The fraction of sp³-hybridized carbons (Fsp3) is 0.500. The van der Waals surface area contributed by atoms with E-state index in [0.717, 1.165) is 5.56 Å². The predicted octanol–water partition coefficient (Wildman–Crippen LogP) is 1.59. The molecule has 0 saturated carbocycles. The summed E-state index contributed by atoms with van der Waals surface area (Å²) in [4.78, 5) is 37.9. The largest absolute Gasteiger partial charge is 0.481 e. The lowest BCUT2D eigenvalue weighted by molar-refractivity contribution is -0.142. The number of nitrogens with zero attached hydrogens (tertiary/aromatic N) is 1. The van der Waals surface area contributed by atoms with Crippen molar-refractivity contribution >= 4 is 23.5 Å². The minimum atomic E-state index is -0.938. The summed E-state index contributed by atoms with van der Waals surface area (Å²) < 4.78 is 5.36. The quantitative estimate of drug-likeness (QED) is 0.844. The smallest absolute Gasteiger partial charge is 0.305 e. The number of fused-ring (bicyclic) bond motifs is 1. The molecule has 134 valence electrons. The van der Waals surface area contributed by atoms with Crippen LogP contribution in [0.5, 0.6) is 0 Å². The second-order valence-corrected chi connectivity index (χ2v) is 6.41. The SMILES string of the molecule is O=C(O)CCN(C(=O)[C@@H]1CC(=O)Nc2ccccc21)C1CCOCC1. The van der Waals surface area contributed by atoms with Gasteiger partial charge in [-0.1, -0.05) is 18.2 Å². The topological polar surface area (TPSA) is 95.9 Å². The highest BCUT2D eigenvalue weighted by atomic mass is 16.5. The van der Waals surface area contributed by atoms with Gasteiger partial charge in [-0.3, -0.25) is 14.4 Å². The summed E-state index contributed by atoms with van der Waals surface area (Å²) in [6.45, 7) is 1.27. The summed E-state index contributed by atoms with van der Waals surface area (Å²) in [6.07, 6.45) is 1.35. The molecule has 3 rings (SSSR count). The van der Waals surface area contributed by atoms with Crippen molar-refractivity contribution in [3.8, 4) is 0 Å². The average Bonchev–Trinajstić information content (AvgIpc) is 2.61. The minimum absolute atomic E-state index is 0.0438. The molecule has 0 aromatic heterocycles. The third-order valence-electron chi connectivity index (χ3n) is 4.78. The van der Waals surface area contributed by atoms with Crippen LogP contribution in [0.1, 0.15) is 37.2 Å². The van der Waals surface area contributed by atoms with Crippen LogP contribution in [-0.2, 0) is 19.1 Å². The first-order chi connectivity index (χ1) is 12.1. The third-order valence-corrected chi connectivity index (χ3v) is 4.78. The first kappa shape index (κ1) is 17.4. The van der Waals surface area contributed by atoms with Crippen LogP contribution in [0.15, 0.2) is 24.3 Å². The van der Waals surface area contributed by atoms with Gasteiger partial charge in [0.25, 0.3) is 0 Å². The number of hydrogen-bond acceptors (Lipinski definition) is 4. The molecule has 1 atom stereocenters. The molecule has 1 aromatic rings. The highest BCUT2D eigenvalue weighted by molar-refractivity contribution is 6.01. The lowest BCUT2D eigenvalue weighted by atomic mass is 9.88. The molecule has 2 N–H and O–H groups in total. The van der Waals surface area contributed by atoms with Gasteiger partial charge in [-0.15, -0.1) is 0 Å². The van der Waals surface area contributed by atoms with Crippen molar-refractivity contribution < 1.29 is 24.2 Å². The van der Waals surface area contributed by atoms with Gasteiger partial charge in [0.1, 0.15) is 0 Å². The van der Waals surface area contributed by atoms with Crippen LogP contribution in [0.25, 0.3) is 0 Å². The van der Waals surface area contributed by atoms with E-state index in [1.807, 2.05) is 18.2 Å². The number of amides is 2. The van der Waals surface area contributed by atoms with Gasteiger partial charge in [-0.25, -0.2) is 0 Å². The maximum Gasteiger partial charge on any atom is 0.305 e. The lowest BCUT2D eigenvalue weighted by Gasteiger charge is -2.37. The number of ether oxygens (including phenoxy) is 1. The normalized spacial score (nSPS) is 20.5. The molecule has 1 saturated heterocycles. The first-order valence-corrected chi connectivity index (χ1v) is 8.55. The summed E-state index contributed by atoms with van der Waals surface area (Å²) in [7, 11) is 0. The molecule has 2 aliphatic rings. The molecular weight excluding hydrogens is 324 g/mol. The number of anilines is 1. The fourth-order valence-electron chi connectivity index (χ4n) is 3.52. The highest BCUT2D eigenvalue weighted by Gasteiger charge is 2.36. The van der Waals surface area contributed by atoms with Crippen LogP contribution in [0.3, 0.4) is 0 Å². The molecule has 0 radical (unpaired) electrons. The highest BCUT2D eigenvalue weighted by Crippen LogP contribution is 2.34. The second-order valence-electron chi connectivity index (χ2n) is 6.41. The number of aliphatic carboxylic acids is 1. The van der Waals surface area contributed by atoms with Gasteiger partial charge in [0.2, 0.25) is 11.8 Å². The monoisotopic (exact) mass is 346 g/mol. The molecule has 25 heavy (non-hydrogen) atoms. The number of carboxylic acid groups (broad SMARTS) is 1. The molecule has 7 nitrogen and oxygen atoms in total. The lowest BCUT2D eigenvalue weighted by Crippen LogP contribution is -2.47. The molecular formula is C18H22N2O5. The van der Waals surface area contributed by atoms with E-state index in [1.165, 1.54) is 0 Å². The van der Waals surface area contributed by atoms with Gasteiger partial charge >= 0.3 is 5.97 Å². The van der Waals surface area contributed by atoms with Gasteiger partial charge in [0.15, 0.2) is 0 Å². The van der Waals surface area contributed by atoms with E-state index >= 15 is 0 Å². The zero-order valence-corrected chi connectivity index (χ0v) is 13.9. The van der Waals surface area contributed by atoms with Crippen molar-refractivity contribution in [2.24, 2.45) is 0 Å². The van der Waals surface area contributed by atoms with Crippen LogP contribution >= 0.6 is 0 Å². The van der Waals surface area contributed by atoms with E-state index in [0.29, 0.717) is 31.7 Å². The number of hydrogen-bond donors (Lipinski definition) is 2. The van der Waals surface area contributed by atoms with E-state index in [9.17, 15) is 14.4 Å². The summed E-state index contributed by atoms with van der Waals surface area (Å²) in [5.74, 6) is -1.87. The van der Waals surface area contributed by atoms with E-state index in [2.05, 4.69) is 5.32 Å². The van der Waals surface area contributed by atoms with Gasteiger partial charge in [0.05, 0.1) is 12.3 Å². The molecule has 1 aromatic carbocycles. The van der Waals surface area contributed by atoms with Crippen LogP contribution < -0.4 is 5.32 Å². The summed E-state index contributed by atoms with van der Waals surface area (Å²) >= 11 is 0. The van der Waals surface area contributed by atoms with Crippen molar-refractivity contribution in [1.82, 2.24) is 4.90 Å². The van der Waals surface area contributed by atoms with Crippen molar-refractivity contribution in [1.29, 1.82) is 0 Å². The van der Waals surface area contributed by atoms with Gasteiger partial charge in [-0.05, 0) is 24.5 Å². The summed E-state index contributed by atoms with van der Waals surface area (Å²) in [6, 6.07) is 7.23. The van der Waals surface area contributed by atoms with Crippen LogP contribution in [0.4, 0.5) is 5.69 Å². The van der Waals surface area contributed by atoms with Crippen molar-refractivity contribution in [2.45, 2.75) is 37.6 Å². The zero-order valence-electron chi connectivity index (χ0n) is 13.9. The van der Waals surface area contributed by atoms with Crippen LogP contribution in [-0.4, -0.2) is 53.6 Å². The number of nitrogens with one attached hydrogen (secondary N) is 1. The Bertz CT molecular complexity index is 669. The van der Waals surface area contributed by atoms with Crippen molar-refractivity contribution in [3.63, 3.8) is 0 Å². The summed E-state index contributed by atoms with van der Waals surface area (Å²) in [5, 5.41) is 11.8. The van der Waals surface area contributed by atoms with Gasteiger partial charge < -0.3 is 20.1 Å². The minimum Gasteiger partial charge on any atom is -0.481 e. The number of rotatable bonds is 5. The Kier molecular flexibility index (Phi) is 5.33. The fourth-order valence-corrected chi connectivity index (χ4v) is 3.52. The Balaban J connectivity index is 1.85. The zero-order chi connectivity index (χ0) is 17.8. The van der Waals surface area contributed by atoms with E-state index in [4.69, 9.17) is 9.84 Å². The second kappa shape index (κ2) is 7.65. The standard InChI is InChI=1S/C18H22N2O5/c21-16-11-14(13-3-1-2-4-15(13)19-16)18(24)20(8-5-17(22)23)12-6-9-25-10-7-12/h1-4,12,14H,5-11H2,(H,19,21)(H,22,23)/t14-/m1/s1. The molecule has 0 aliphatic carbocycles. The number of benzene rings is 1. The molecule has 0 spiro atoms. The molecule has 2 heterocycles. The van der Waals surface area contributed by atoms with Gasteiger partial charge in [0, 0.05) is 37.9 Å². The maximum absolute atomic E-state index is 13.2. The Labute approximate surface area is 146 Å². The van der Waals surface area contributed by atoms with Crippen molar-refractivity contribution in [2.75, 3.05) is 25.1 Å². The molecule has 2 amide bonds.